The van der Waals surface area contributed by atoms with Crippen LogP contribution in [0.1, 0.15) is 43.1 Å². The lowest BCUT2D eigenvalue weighted by Crippen LogP contribution is -2.13. The maximum atomic E-state index is 12.1. The minimum atomic E-state index is -0.397. The SMILES string of the molecule is CC(C)(C)c1cc(OCCCF)cc(C(=O)CBr)c1. The first-order valence-electron chi connectivity index (χ1n) is 6.32. The predicted octanol–water partition coefficient (Wildman–Crippen LogP) is 4.30. The summed E-state index contributed by atoms with van der Waals surface area (Å²) in [5.74, 6) is 0.645. The highest BCUT2D eigenvalue weighted by molar-refractivity contribution is 9.09. The molecule has 1 rings (SSSR count). The van der Waals surface area contributed by atoms with Crippen LogP contribution in [0.2, 0.25) is 0 Å². The number of ketones is 1. The second-order valence-electron chi connectivity index (χ2n) is 5.44. The van der Waals surface area contributed by atoms with E-state index < -0.39 is 6.67 Å². The fourth-order valence-electron chi connectivity index (χ4n) is 1.60. The third kappa shape index (κ3) is 4.94. The summed E-state index contributed by atoms with van der Waals surface area (Å²) in [5.41, 5.74) is 1.59. The van der Waals surface area contributed by atoms with Gasteiger partial charge in [-0.15, -0.1) is 0 Å². The third-order valence-corrected chi connectivity index (χ3v) is 3.27. The van der Waals surface area contributed by atoms with Gasteiger partial charge in [-0.2, -0.15) is 0 Å². The van der Waals surface area contributed by atoms with Crippen molar-refractivity contribution in [2.45, 2.75) is 32.6 Å². The lowest BCUT2D eigenvalue weighted by Gasteiger charge is -2.21. The van der Waals surface area contributed by atoms with E-state index in [2.05, 4.69) is 36.7 Å². The number of carbonyl (C=O) groups is 1. The number of benzene rings is 1. The van der Waals surface area contributed by atoms with E-state index >= 15 is 0 Å². The van der Waals surface area contributed by atoms with Crippen LogP contribution in [-0.2, 0) is 5.41 Å². The normalized spacial score (nSPS) is 11.4. The predicted molar refractivity (Wildman–Crippen MR) is 79.4 cm³/mol. The molecule has 0 aliphatic carbocycles. The lowest BCUT2D eigenvalue weighted by atomic mass is 9.85. The molecule has 0 atom stereocenters. The lowest BCUT2D eigenvalue weighted by molar-refractivity contribution is 0.102. The van der Waals surface area contributed by atoms with E-state index in [1.54, 1.807) is 6.07 Å². The number of ether oxygens (including phenoxy) is 1. The van der Waals surface area contributed by atoms with Crippen LogP contribution in [-0.4, -0.2) is 24.4 Å². The Labute approximate surface area is 122 Å². The summed E-state index contributed by atoms with van der Waals surface area (Å²) >= 11 is 3.17. The van der Waals surface area contributed by atoms with Gasteiger partial charge < -0.3 is 4.74 Å². The van der Waals surface area contributed by atoms with Crippen molar-refractivity contribution < 1.29 is 13.9 Å². The molecule has 0 heterocycles. The molecule has 0 spiro atoms. The van der Waals surface area contributed by atoms with E-state index in [0.717, 1.165) is 5.56 Å². The van der Waals surface area contributed by atoms with Gasteiger partial charge in [-0.3, -0.25) is 9.18 Å². The molecule has 0 fully saturated rings. The van der Waals surface area contributed by atoms with E-state index in [1.807, 2.05) is 12.1 Å². The van der Waals surface area contributed by atoms with Gasteiger partial charge in [-0.05, 0) is 29.2 Å². The standard InChI is InChI=1S/C15H20BrFO2/c1-15(2,3)12-7-11(14(18)10-16)8-13(9-12)19-6-4-5-17/h7-9H,4-6,10H2,1-3H3. The summed E-state index contributed by atoms with van der Waals surface area (Å²) in [7, 11) is 0. The Morgan fingerprint density at radius 1 is 1.32 bits per heavy atom. The van der Waals surface area contributed by atoms with Crippen LogP contribution in [0.3, 0.4) is 0 Å². The average molecular weight is 331 g/mol. The van der Waals surface area contributed by atoms with Crippen LogP contribution < -0.4 is 4.74 Å². The summed E-state index contributed by atoms with van der Waals surface area (Å²) in [6.45, 7) is 6.17. The molecule has 4 heteroatoms. The Morgan fingerprint density at radius 2 is 2.00 bits per heavy atom. The zero-order valence-corrected chi connectivity index (χ0v) is 13.2. The van der Waals surface area contributed by atoms with Gasteiger partial charge in [0.2, 0.25) is 0 Å². The highest BCUT2D eigenvalue weighted by Gasteiger charge is 2.17. The van der Waals surface area contributed by atoms with Crippen molar-refractivity contribution in [3.63, 3.8) is 0 Å². The second-order valence-corrected chi connectivity index (χ2v) is 6.00. The Kier molecular flexibility index (Phi) is 5.98. The number of alkyl halides is 2. The van der Waals surface area contributed by atoms with E-state index in [1.165, 1.54) is 0 Å². The molecular formula is C15H20BrFO2. The fourth-order valence-corrected chi connectivity index (χ4v) is 1.92. The van der Waals surface area contributed by atoms with E-state index in [9.17, 15) is 9.18 Å². The highest BCUT2D eigenvalue weighted by atomic mass is 79.9. The molecule has 19 heavy (non-hydrogen) atoms. The summed E-state index contributed by atoms with van der Waals surface area (Å²) in [5, 5.41) is 0.282. The quantitative estimate of drug-likeness (QED) is 0.441. The number of hydrogen-bond donors (Lipinski definition) is 0. The zero-order chi connectivity index (χ0) is 14.5. The van der Waals surface area contributed by atoms with Crippen molar-refractivity contribution in [3.8, 4) is 5.75 Å². The van der Waals surface area contributed by atoms with Crippen molar-refractivity contribution in [3.05, 3.63) is 29.3 Å². The minimum absolute atomic E-state index is 0.0152. The Balaban J connectivity index is 3.06. The molecule has 0 N–H and O–H groups in total. The van der Waals surface area contributed by atoms with Gasteiger partial charge in [-0.25, -0.2) is 0 Å². The molecule has 2 nitrogen and oxygen atoms in total. The van der Waals surface area contributed by atoms with Crippen LogP contribution in [0.25, 0.3) is 0 Å². The average Bonchev–Trinajstić information content (AvgIpc) is 2.36. The topological polar surface area (TPSA) is 26.3 Å². The largest absolute Gasteiger partial charge is 0.493 e. The Bertz CT molecular complexity index is 438. The summed E-state index contributed by atoms with van der Waals surface area (Å²) in [4.78, 5) is 11.8. The van der Waals surface area contributed by atoms with Gasteiger partial charge in [0.15, 0.2) is 5.78 Å². The highest BCUT2D eigenvalue weighted by Crippen LogP contribution is 2.28. The van der Waals surface area contributed by atoms with Gasteiger partial charge >= 0.3 is 0 Å². The molecule has 0 saturated heterocycles. The van der Waals surface area contributed by atoms with Gasteiger partial charge in [0.25, 0.3) is 0 Å². The van der Waals surface area contributed by atoms with E-state index in [0.29, 0.717) is 24.3 Å². The first kappa shape index (κ1) is 16.2. The smallest absolute Gasteiger partial charge is 0.173 e. The molecule has 0 aliphatic heterocycles. The molecule has 0 amide bonds. The maximum absolute atomic E-state index is 12.1. The van der Waals surface area contributed by atoms with E-state index in [4.69, 9.17) is 4.74 Å². The van der Waals surface area contributed by atoms with Crippen LogP contribution in [0.4, 0.5) is 4.39 Å². The molecule has 0 aromatic heterocycles. The third-order valence-electron chi connectivity index (χ3n) is 2.76. The zero-order valence-electron chi connectivity index (χ0n) is 11.6. The number of rotatable bonds is 6. The van der Waals surface area contributed by atoms with E-state index in [-0.39, 0.29) is 16.5 Å². The maximum Gasteiger partial charge on any atom is 0.173 e. The Hall–Kier alpha value is -0.900. The monoisotopic (exact) mass is 330 g/mol. The van der Waals surface area contributed by atoms with Crippen LogP contribution in [0, 0.1) is 0 Å². The van der Waals surface area contributed by atoms with Crippen molar-refractivity contribution in [1.29, 1.82) is 0 Å². The van der Waals surface area contributed by atoms with Crippen molar-refractivity contribution >= 4 is 21.7 Å². The first-order chi connectivity index (χ1) is 8.88. The molecule has 106 valence electrons. The van der Waals surface area contributed by atoms with Gasteiger partial charge in [0.05, 0.1) is 18.6 Å². The number of halogens is 2. The van der Waals surface area contributed by atoms with Crippen molar-refractivity contribution in [1.82, 2.24) is 0 Å². The molecule has 1 aromatic carbocycles. The molecule has 0 radical (unpaired) electrons. The van der Waals surface area contributed by atoms with Crippen molar-refractivity contribution in [2.75, 3.05) is 18.6 Å². The van der Waals surface area contributed by atoms with Crippen molar-refractivity contribution in [2.24, 2.45) is 0 Å². The number of Topliss-reactive ketones (excluding diaryl/α,β-unsaturated/α-hetero) is 1. The first-order valence-corrected chi connectivity index (χ1v) is 7.44. The number of carbonyl (C=O) groups excluding carboxylic acids is 1. The Morgan fingerprint density at radius 3 is 2.53 bits per heavy atom. The summed E-state index contributed by atoms with van der Waals surface area (Å²) < 4.78 is 17.6. The second kappa shape index (κ2) is 7.04. The summed E-state index contributed by atoms with van der Waals surface area (Å²) in [6.07, 6.45) is 0.363. The molecule has 0 bridgehead atoms. The van der Waals surface area contributed by atoms with Crippen LogP contribution >= 0.6 is 15.9 Å². The molecule has 0 saturated carbocycles. The van der Waals surface area contributed by atoms with Crippen LogP contribution in [0.15, 0.2) is 18.2 Å². The summed E-state index contributed by atoms with van der Waals surface area (Å²) in [6, 6.07) is 5.53. The number of hydrogen-bond acceptors (Lipinski definition) is 2. The fraction of sp³-hybridized carbons (Fsp3) is 0.533. The molecular weight excluding hydrogens is 311 g/mol. The molecule has 0 unspecified atom stereocenters. The van der Waals surface area contributed by atoms with Gasteiger partial charge in [0, 0.05) is 12.0 Å². The minimum Gasteiger partial charge on any atom is -0.493 e. The molecule has 0 aliphatic rings. The van der Waals surface area contributed by atoms with Crippen LogP contribution in [0.5, 0.6) is 5.75 Å². The van der Waals surface area contributed by atoms with Gasteiger partial charge in [0.1, 0.15) is 5.75 Å². The van der Waals surface area contributed by atoms with Gasteiger partial charge in [-0.1, -0.05) is 36.7 Å². The molecule has 1 aromatic rings.